The summed E-state index contributed by atoms with van der Waals surface area (Å²) in [5.41, 5.74) is 0.567. The highest BCUT2D eigenvalue weighted by Gasteiger charge is 2.26. The molecule has 7 nitrogen and oxygen atoms in total. The van der Waals surface area contributed by atoms with Crippen LogP contribution in [0.1, 0.15) is 17.3 Å². The smallest absolute Gasteiger partial charge is 0.341 e. The first-order valence-corrected chi connectivity index (χ1v) is 7.28. The third-order valence-electron chi connectivity index (χ3n) is 3.46. The summed E-state index contributed by atoms with van der Waals surface area (Å²) < 4.78 is 20.7. The van der Waals surface area contributed by atoms with E-state index >= 15 is 0 Å². The molecule has 0 heterocycles. The molecule has 25 heavy (non-hydrogen) atoms. The summed E-state index contributed by atoms with van der Waals surface area (Å²) in [5, 5.41) is 10.4. The van der Waals surface area contributed by atoms with Crippen molar-refractivity contribution < 1.29 is 33.6 Å². The van der Waals surface area contributed by atoms with Crippen LogP contribution in [0.25, 0.3) is 11.1 Å². The summed E-state index contributed by atoms with van der Waals surface area (Å²) in [6, 6.07) is 7.49. The third kappa shape index (κ3) is 3.50. The zero-order valence-corrected chi connectivity index (χ0v) is 14.3. The molecule has 0 aromatic heterocycles. The average Bonchev–Trinajstić information content (AvgIpc) is 2.59. The molecule has 7 heteroatoms. The number of carbonyl (C=O) groups excluding carboxylic acids is 2. The standard InChI is InChI=1S/C18H18O7/c1-10(19)25-14-7-5-6-12(20)15(14)16-13(22-2)9-8-11(17(16)23-3)18(21)24-4/h5-9,20H,1-4H3. The number of hydrogen-bond acceptors (Lipinski definition) is 7. The van der Waals surface area contributed by atoms with Gasteiger partial charge in [-0.15, -0.1) is 0 Å². The predicted molar refractivity (Wildman–Crippen MR) is 89.3 cm³/mol. The minimum Gasteiger partial charge on any atom is -0.507 e. The van der Waals surface area contributed by atoms with Crippen LogP contribution < -0.4 is 14.2 Å². The van der Waals surface area contributed by atoms with Crippen LogP contribution in [0.3, 0.4) is 0 Å². The lowest BCUT2D eigenvalue weighted by Gasteiger charge is -2.18. The number of phenols is 1. The maximum absolute atomic E-state index is 12.0. The summed E-state index contributed by atoms with van der Waals surface area (Å²) >= 11 is 0. The first-order chi connectivity index (χ1) is 11.9. The van der Waals surface area contributed by atoms with Crippen molar-refractivity contribution in [3.8, 4) is 34.1 Å². The lowest BCUT2D eigenvalue weighted by molar-refractivity contribution is -0.131. The van der Waals surface area contributed by atoms with E-state index < -0.39 is 11.9 Å². The molecule has 2 aromatic rings. The lowest BCUT2D eigenvalue weighted by Crippen LogP contribution is -2.07. The molecule has 2 rings (SSSR count). The molecule has 0 unspecified atom stereocenters. The first-order valence-electron chi connectivity index (χ1n) is 7.28. The van der Waals surface area contributed by atoms with Gasteiger partial charge in [-0.3, -0.25) is 4.79 Å². The SMILES string of the molecule is COC(=O)c1ccc(OC)c(-c2c(O)cccc2OC(C)=O)c1OC. The number of benzene rings is 2. The first kappa shape index (κ1) is 18.1. The van der Waals surface area contributed by atoms with Gasteiger partial charge in [0, 0.05) is 6.92 Å². The van der Waals surface area contributed by atoms with Crippen molar-refractivity contribution in [3.63, 3.8) is 0 Å². The molecule has 0 radical (unpaired) electrons. The van der Waals surface area contributed by atoms with Gasteiger partial charge in [-0.05, 0) is 24.3 Å². The zero-order valence-electron chi connectivity index (χ0n) is 14.3. The Morgan fingerprint density at radius 2 is 1.64 bits per heavy atom. The number of hydrogen-bond donors (Lipinski definition) is 1. The van der Waals surface area contributed by atoms with Gasteiger partial charge in [0.1, 0.15) is 28.6 Å². The Morgan fingerprint density at radius 3 is 2.20 bits per heavy atom. The van der Waals surface area contributed by atoms with E-state index in [0.29, 0.717) is 5.75 Å². The Balaban J connectivity index is 2.86. The molecule has 0 aliphatic heterocycles. The Labute approximate surface area is 144 Å². The molecule has 132 valence electrons. The normalized spacial score (nSPS) is 10.1. The van der Waals surface area contributed by atoms with Gasteiger partial charge < -0.3 is 24.1 Å². The van der Waals surface area contributed by atoms with Crippen molar-refractivity contribution in [1.82, 2.24) is 0 Å². The summed E-state index contributed by atoms with van der Waals surface area (Å²) in [7, 11) is 4.05. The van der Waals surface area contributed by atoms with E-state index in [9.17, 15) is 14.7 Å². The molecule has 1 N–H and O–H groups in total. The molecule has 0 fully saturated rings. The number of rotatable bonds is 5. The van der Waals surface area contributed by atoms with Gasteiger partial charge >= 0.3 is 11.9 Å². The van der Waals surface area contributed by atoms with Crippen molar-refractivity contribution in [2.24, 2.45) is 0 Å². The minimum atomic E-state index is -0.620. The van der Waals surface area contributed by atoms with Gasteiger partial charge in [0.05, 0.1) is 32.5 Å². The number of ether oxygens (including phenoxy) is 4. The summed E-state index contributed by atoms with van der Waals surface area (Å²) in [6.07, 6.45) is 0. The Morgan fingerprint density at radius 1 is 0.920 bits per heavy atom. The molecule has 0 bridgehead atoms. The zero-order chi connectivity index (χ0) is 18.6. The Bertz CT molecular complexity index is 811. The fourth-order valence-corrected chi connectivity index (χ4v) is 2.46. The van der Waals surface area contributed by atoms with E-state index in [1.807, 2.05) is 0 Å². The fraction of sp³-hybridized carbons (Fsp3) is 0.222. The Kier molecular flexibility index (Phi) is 5.49. The number of aromatic hydroxyl groups is 1. The van der Waals surface area contributed by atoms with E-state index in [-0.39, 0.29) is 33.9 Å². The monoisotopic (exact) mass is 346 g/mol. The predicted octanol–water partition coefficient (Wildman–Crippen LogP) is 2.79. The van der Waals surface area contributed by atoms with E-state index in [2.05, 4.69) is 0 Å². The molecule has 0 saturated heterocycles. The maximum Gasteiger partial charge on any atom is 0.341 e. The van der Waals surface area contributed by atoms with Crippen LogP contribution in [-0.2, 0) is 9.53 Å². The highest BCUT2D eigenvalue weighted by atomic mass is 16.5. The van der Waals surface area contributed by atoms with Crippen LogP contribution in [0.2, 0.25) is 0 Å². The lowest BCUT2D eigenvalue weighted by atomic mass is 9.98. The van der Waals surface area contributed by atoms with E-state index in [1.165, 1.54) is 58.6 Å². The Hall–Kier alpha value is -3.22. The largest absolute Gasteiger partial charge is 0.507 e. The molecule has 0 atom stereocenters. The second-order valence-corrected chi connectivity index (χ2v) is 4.96. The highest BCUT2D eigenvalue weighted by molar-refractivity contribution is 5.98. The number of methoxy groups -OCH3 is 3. The average molecular weight is 346 g/mol. The molecule has 0 aliphatic rings. The third-order valence-corrected chi connectivity index (χ3v) is 3.46. The van der Waals surface area contributed by atoms with E-state index in [1.54, 1.807) is 0 Å². The topological polar surface area (TPSA) is 91.3 Å². The molecular formula is C18H18O7. The summed E-state index contributed by atoms with van der Waals surface area (Å²) in [4.78, 5) is 23.4. The molecule has 2 aromatic carbocycles. The van der Waals surface area contributed by atoms with Crippen molar-refractivity contribution in [2.75, 3.05) is 21.3 Å². The summed E-state index contributed by atoms with van der Waals surface area (Å²) in [5.74, 6) is -0.803. The van der Waals surface area contributed by atoms with Gasteiger partial charge in [-0.25, -0.2) is 4.79 Å². The van der Waals surface area contributed by atoms with Gasteiger partial charge in [0.2, 0.25) is 0 Å². The van der Waals surface area contributed by atoms with Crippen LogP contribution in [0, 0.1) is 0 Å². The van der Waals surface area contributed by atoms with Gasteiger partial charge in [-0.1, -0.05) is 6.07 Å². The second kappa shape index (κ2) is 7.57. The van der Waals surface area contributed by atoms with Crippen LogP contribution in [-0.4, -0.2) is 38.4 Å². The quantitative estimate of drug-likeness (QED) is 0.657. The van der Waals surface area contributed by atoms with Gasteiger partial charge in [-0.2, -0.15) is 0 Å². The molecule has 0 spiro atoms. The summed E-state index contributed by atoms with van der Waals surface area (Å²) in [6.45, 7) is 1.24. The maximum atomic E-state index is 12.0. The van der Waals surface area contributed by atoms with Gasteiger partial charge in [0.15, 0.2) is 0 Å². The minimum absolute atomic E-state index is 0.103. The van der Waals surface area contributed by atoms with Crippen molar-refractivity contribution in [3.05, 3.63) is 35.9 Å². The van der Waals surface area contributed by atoms with Crippen molar-refractivity contribution in [2.45, 2.75) is 6.92 Å². The van der Waals surface area contributed by atoms with Crippen LogP contribution in [0.4, 0.5) is 0 Å². The van der Waals surface area contributed by atoms with Crippen molar-refractivity contribution in [1.29, 1.82) is 0 Å². The van der Waals surface area contributed by atoms with Crippen LogP contribution >= 0.6 is 0 Å². The second-order valence-electron chi connectivity index (χ2n) is 4.96. The number of phenolic OH excluding ortho intramolecular Hbond substituents is 1. The van der Waals surface area contributed by atoms with Crippen molar-refractivity contribution >= 4 is 11.9 Å². The number of esters is 2. The highest BCUT2D eigenvalue weighted by Crippen LogP contribution is 2.48. The van der Waals surface area contributed by atoms with Gasteiger partial charge in [0.25, 0.3) is 0 Å². The number of carbonyl (C=O) groups is 2. The molecule has 0 aliphatic carbocycles. The molecule has 0 saturated carbocycles. The molecular weight excluding hydrogens is 328 g/mol. The van der Waals surface area contributed by atoms with Crippen LogP contribution in [0.5, 0.6) is 23.0 Å². The van der Waals surface area contributed by atoms with Crippen LogP contribution in [0.15, 0.2) is 30.3 Å². The van der Waals surface area contributed by atoms with E-state index in [0.717, 1.165) is 0 Å². The molecule has 0 amide bonds. The van der Waals surface area contributed by atoms with E-state index in [4.69, 9.17) is 18.9 Å². The fourth-order valence-electron chi connectivity index (χ4n) is 2.46.